The van der Waals surface area contributed by atoms with E-state index in [1.807, 2.05) is 53.4 Å². The van der Waals surface area contributed by atoms with Gasteiger partial charge in [0.2, 0.25) is 5.89 Å². The molecule has 10 nitrogen and oxygen atoms in total. The topological polar surface area (TPSA) is 123 Å². The summed E-state index contributed by atoms with van der Waals surface area (Å²) < 4.78 is 11.2. The Morgan fingerprint density at radius 1 is 1.08 bits per heavy atom. The third kappa shape index (κ3) is 5.57. The van der Waals surface area contributed by atoms with Gasteiger partial charge in [0.25, 0.3) is 11.6 Å². The number of fused-ring (bicyclic) bond motifs is 1. The van der Waals surface area contributed by atoms with Gasteiger partial charge in [0.05, 0.1) is 29.4 Å². The van der Waals surface area contributed by atoms with Crippen LogP contribution < -0.4 is 15.5 Å². The van der Waals surface area contributed by atoms with E-state index in [9.17, 15) is 14.9 Å². The van der Waals surface area contributed by atoms with Gasteiger partial charge >= 0.3 is 0 Å². The molecule has 2 N–H and O–H groups in total. The number of morpholine rings is 1. The number of carbonyl (C=O) groups is 1. The molecule has 37 heavy (non-hydrogen) atoms. The minimum absolute atomic E-state index is 0.118. The van der Waals surface area contributed by atoms with Crippen LogP contribution in [0, 0.1) is 10.1 Å². The van der Waals surface area contributed by atoms with E-state index < -0.39 is 10.8 Å². The fourth-order valence-electron chi connectivity index (χ4n) is 4.06. The molecule has 0 atom stereocenters. The zero-order valence-electron chi connectivity index (χ0n) is 19.7. The van der Waals surface area contributed by atoms with E-state index in [1.165, 1.54) is 12.1 Å². The van der Waals surface area contributed by atoms with Crippen LogP contribution in [-0.4, -0.2) is 47.2 Å². The van der Waals surface area contributed by atoms with Crippen LogP contribution in [0.15, 0.2) is 71.1 Å². The van der Waals surface area contributed by atoms with Crippen LogP contribution in [0.4, 0.5) is 11.4 Å². The summed E-state index contributed by atoms with van der Waals surface area (Å²) in [5.74, 6) is 0.0190. The number of hydrogen-bond acceptors (Lipinski definition) is 8. The predicted molar refractivity (Wildman–Crippen MR) is 142 cm³/mol. The highest BCUT2D eigenvalue weighted by atomic mass is 32.1. The summed E-state index contributed by atoms with van der Waals surface area (Å²) in [6.45, 7) is 2.57. The minimum Gasteiger partial charge on any atom is -0.436 e. The Bertz CT molecular complexity index is 1430. The van der Waals surface area contributed by atoms with Crippen LogP contribution in [0.25, 0.3) is 22.6 Å². The molecule has 1 saturated heterocycles. The second kappa shape index (κ2) is 10.7. The fourth-order valence-corrected chi connectivity index (χ4v) is 4.22. The lowest BCUT2D eigenvalue weighted by molar-refractivity contribution is -0.384. The number of anilines is 1. The first-order chi connectivity index (χ1) is 18.0. The summed E-state index contributed by atoms with van der Waals surface area (Å²) in [4.78, 5) is 30.3. The largest absolute Gasteiger partial charge is 0.436 e. The number of nitro groups is 1. The number of non-ortho nitro benzene ring substituents is 1. The molecule has 0 radical (unpaired) electrons. The lowest BCUT2D eigenvalue weighted by Crippen LogP contribution is -2.41. The standard InChI is InChI=1S/C26H23N5O5S/c32-24(20-15-19(31(33)34)9-10-22(20)30-11-13-35-14-12-30)29-26(37)27-16-17-5-7-18(8-6-17)25-28-21-3-1-2-4-23(21)36-25/h1-10,15H,11-14,16H2,(H2,27,29,32,37). The van der Waals surface area contributed by atoms with Crippen molar-refractivity contribution < 1.29 is 18.9 Å². The average Bonchev–Trinajstić information content (AvgIpc) is 3.37. The predicted octanol–water partition coefficient (Wildman–Crippen LogP) is 4.04. The number of hydrogen-bond donors (Lipinski definition) is 2. The third-order valence-corrected chi connectivity index (χ3v) is 6.21. The van der Waals surface area contributed by atoms with E-state index in [0.29, 0.717) is 44.4 Å². The normalized spacial score (nSPS) is 13.4. The number of nitrogens with zero attached hydrogens (tertiary/aromatic N) is 3. The number of rotatable bonds is 6. The number of oxazole rings is 1. The van der Waals surface area contributed by atoms with Gasteiger partial charge in [-0.1, -0.05) is 24.3 Å². The summed E-state index contributed by atoms with van der Waals surface area (Å²) in [7, 11) is 0. The van der Waals surface area contributed by atoms with Crippen molar-refractivity contribution in [3.05, 3.63) is 88.0 Å². The molecule has 1 aromatic heterocycles. The molecule has 11 heteroatoms. The second-order valence-corrected chi connectivity index (χ2v) is 8.79. The van der Waals surface area contributed by atoms with Crippen molar-refractivity contribution in [1.82, 2.24) is 15.6 Å². The SMILES string of the molecule is O=C(NC(=S)NCc1ccc(-c2nc3ccccc3o2)cc1)c1cc([N+](=O)[O-])ccc1N1CCOCC1. The summed E-state index contributed by atoms with van der Waals surface area (Å²) in [6.07, 6.45) is 0. The Labute approximate surface area is 217 Å². The Morgan fingerprint density at radius 3 is 2.57 bits per heavy atom. The van der Waals surface area contributed by atoms with Gasteiger partial charge in [-0.05, 0) is 48.1 Å². The molecule has 1 fully saturated rings. The molecule has 0 saturated carbocycles. The quantitative estimate of drug-likeness (QED) is 0.222. The maximum absolute atomic E-state index is 13.0. The first-order valence-electron chi connectivity index (χ1n) is 11.6. The number of thiocarbonyl (C=S) groups is 1. The molecule has 3 aromatic carbocycles. The first kappa shape index (κ1) is 24.3. The summed E-state index contributed by atoms with van der Waals surface area (Å²) in [5, 5.41) is 17.1. The van der Waals surface area contributed by atoms with Crippen molar-refractivity contribution in [3.63, 3.8) is 0 Å². The number of aromatic nitrogens is 1. The van der Waals surface area contributed by atoms with Crippen LogP contribution in [0.1, 0.15) is 15.9 Å². The van der Waals surface area contributed by atoms with E-state index in [0.717, 1.165) is 22.2 Å². The minimum atomic E-state index is -0.527. The van der Waals surface area contributed by atoms with Gasteiger partial charge in [-0.15, -0.1) is 0 Å². The number of para-hydroxylation sites is 2. The van der Waals surface area contributed by atoms with Crippen LogP contribution in [-0.2, 0) is 11.3 Å². The maximum atomic E-state index is 13.0. The molecule has 0 bridgehead atoms. The number of nitrogens with one attached hydrogen (secondary N) is 2. The Kier molecular flexibility index (Phi) is 7.06. The average molecular weight is 518 g/mol. The molecule has 5 rings (SSSR count). The maximum Gasteiger partial charge on any atom is 0.270 e. The summed E-state index contributed by atoms with van der Waals surface area (Å²) in [6, 6.07) is 19.5. The monoisotopic (exact) mass is 517 g/mol. The first-order valence-corrected chi connectivity index (χ1v) is 12.0. The highest BCUT2D eigenvalue weighted by molar-refractivity contribution is 7.80. The van der Waals surface area contributed by atoms with Crippen LogP contribution in [0.5, 0.6) is 0 Å². The van der Waals surface area contributed by atoms with Crippen molar-refractivity contribution in [1.29, 1.82) is 0 Å². The van der Waals surface area contributed by atoms with Gasteiger partial charge in [0, 0.05) is 37.3 Å². The third-order valence-electron chi connectivity index (χ3n) is 5.96. The molecular formula is C26H23N5O5S. The van der Waals surface area contributed by atoms with Gasteiger partial charge in [0.15, 0.2) is 10.7 Å². The lowest BCUT2D eigenvalue weighted by atomic mass is 10.1. The molecule has 0 spiro atoms. The van der Waals surface area contributed by atoms with Crippen LogP contribution in [0.3, 0.4) is 0 Å². The van der Waals surface area contributed by atoms with Crippen LogP contribution in [0.2, 0.25) is 0 Å². The van der Waals surface area contributed by atoms with Crippen molar-refractivity contribution in [3.8, 4) is 11.5 Å². The van der Waals surface area contributed by atoms with Gasteiger partial charge in [-0.25, -0.2) is 4.98 Å². The number of carbonyl (C=O) groups excluding carboxylic acids is 1. The second-order valence-electron chi connectivity index (χ2n) is 8.38. The van der Waals surface area contributed by atoms with E-state index in [-0.39, 0.29) is 16.4 Å². The van der Waals surface area contributed by atoms with Crippen molar-refractivity contribution in [2.75, 3.05) is 31.2 Å². The van der Waals surface area contributed by atoms with Gasteiger partial charge in [-0.3, -0.25) is 20.2 Å². The van der Waals surface area contributed by atoms with Crippen LogP contribution >= 0.6 is 12.2 Å². The zero-order valence-corrected chi connectivity index (χ0v) is 20.5. The van der Waals surface area contributed by atoms with Gasteiger partial charge in [0.1, 0.15) is 5.52 Å². The van der Waals surface area contributed by atoms with E-state index >= 15 is 0 Å². The molecule has 188 valence electrons. The Morgan fingerprint density at radius 2 is 1.84 bits per heavy atom. The highest BCUT2D eigenvalue weighted by Gasteiger charge is 2.22. The smallest absolute Gasteiger partial charge is 0.270 e. The lowest BCUT2D eigenvalue weighted by Gasteiger charge is -2.30. The molecule has 1 aliphatic heterocycles. The number of amides is 1. The molecule has 0 unspecified atom stereocenters. The Balaban J connectivity index is 1.23. The van der Waals surface area contributed by atoms with E-state index in [4.69, 9.17) is 21.4 Å². The summed E-state index contributed by atoms with van der Waals surface area (Å²) in [5.41, 5.74) is 3.92. The van der Waals surface area contributed by atoms with E-state index in [1.54, 1.807) is 6.07 Å². The number of benzene rings is 3. The van der Waals surface area contributed by atoms with Crippen molar-refractivity contribution >= 4 is 45.7 Å². The molecule has 4 aromatic rings. The number of ether oxygens (including phenoxy) is 1. The van der Waals surface area contributed by atoms with E-state index in [2.05, 4.69) is 15.6 Å². The van der Waals surface area contributed by atoms with Crippen molar-refractivity contribution in [2.45, 2.75) is 6.54 Å². The summed E-state index contributed by atoms with van der Waals surface area (Å²) >= 11 is 5.32. The Hall–Kier alpha value is -4.35. The number of nitro benzene ring substituents is 1. The zero-order chi connectivity index (χ0) is 25.8. The fraction of sp³-hybridized carbons (Fsp3) is 0.192. The molecule has 1 aliphatic rings. The van der Waals surface area contributed by atoms with Gasteiger partial charge in [-0.2, -0.15) is 0 Å². The highest BCUT2D eigenvalue weighted by Crippen LogP contribution is 2.27. The molecule has 0 aliphatic carbocycles. The van der Waals surface area contributed by atoms with Crippen molar-refractivity contribution in [2.24, 2.45) is 0 Å². The molecule has 1 amide bonds. The molecular weight excluding hydrogens is 494 g/mol. The van der Waals surface area contributed by atoms with Gasteiger partial charge < -0.3 is 19.4 Å². The molecule has 2 heterocycles.